The molecule has 1 heterocycles. The van der Waals surface area contributed by atoms with E-state index in [0.29, 0.717) is 22.6 Å². The molecule has 1 fully saturated rings. The monoisotopic (exact) mass is 384 g/mol. The van der Waals surface area contributed by atoms with Gasteiger partial charge >= 0.3 is 0 Å². The summed E-state index contributed by atoms with van der Waals surface area (Å²) in [6, 6.07) is 7.99. The van der Waals surface area contributed by atoms with Crippen LogP contribution in [0.25, 0.3) is 0 Å². The van der Waals surface area contributed by atoms with Crippen molar-refractivity contribution in [2.24, 2.45) is 0 Å². The van der Waals surface area contributed by atoms with Gasteiger partial charge in [-0.3, -0.25) is 9.69 Å². The molecular formula is C18H16Cl2F2N2O. The second-order valence-corrected chi connectivity index (χ2v) is 6.94. The van der Waals surface area contributed by atoms with Gasteiger partial charge in [0.05, 0.1) is 22.7 Å². The van der Waals surface area contributed by atoms with Gasteiger partial charge in [-0.15, -0.1) is 0 Å². The van der Waals surface area contributed by atoms with E-state index in [9.17, 15) is 13.6 Å². The van der Waals surface area contributed by atoms with E-state index in [1.807, 2.05) is 11.9 Å². The number of benzene rings is 2. The van der Waals surface area contributed by atoms with Crippen molar-refractivity contribution >= 4 is 29.1 Å². The number of halogens is 4. The summed E-state index contributed by atoms with van der Waals surface area (Å²) in [5.41, 5.74) is 0.941. The Labute approximate surface area is 154 Å². The maximum Gasteiger partial charge on any atom is 0.253 e. The molecule has 1 saturated heterocycles. The molecule has 25 heavy (non-hydrogen) atoms. The summed E-state index contributed by atoms with van der Waals surface area (Å²) in [6.45, 7) is 0.725. The summed E-state index contributed by atoms with van der Waals surface area (Å²) < 4.78 is 26.8. The summed E-state index contributed by atoms with van der Waals surface area (Å²) in [5.74, 6) is -2.11. The molecule has 2 atom stereocenters. The molecule has 0 radical (unpaired) electrons. The predicted octanol–water partition coefficient (Wildman–Crippen LogP) is 4.45. The van der Waals surface area contributed by atoms with Crippen molar-refractivity contribution in [2.75, 3.05) is 13.6 Å². The van der Waals surface area contributed by atoms with Crippen molar-refractivity contribution in [2.45, 2.75) is 18.5 Å². The number of likely N-dealkylation sites (N-methyl/N-ethyl adjacent to an activating group) is 1. The van der Waals surface area contributed by atoms with Crippen LogP contribution in [0, 0.1) is 11.6 Å². The minimum atomic E-state index is -0.899. The molecule has 0 saturated carbocycles. The van der Waals surface area contributed by atoms with Gasteiger partial charge in [0.2, 0.25) is 0 Å². The lowest BCUT2D eigenvalue weighted by atomic mass is 9.99. The van der Waals surface area contributed by atoms with Crippen LogP contribution in [0.4, 0.5) is 8.78 Å². The number of hydrogen-bond donors (Lipinski definition) is 1. The fraction of sp³-hybridized carbons (Fsp3) is 0.278. The quantitative estimate of drug-likeness (QED) is 0.847. The van der Waals surface area contributed by atoms with Crippen LogP contribution < -0.4 is 5.32 Å². The Morgan fingerprint density at radius 3 is 2.60 bits per heavy atom. The van der Waals surface area contributed by atoms with Gasteiger partial charge in [-0.1, -0.05) is 29.3 Å². The highest BCUT2D eigenvalue weighted by Gasteiger charge is 2.34. The zero-order valence-electron chi connectivity index (χ0n) is 13.4. The molecule has 1 amide bonds. The SMILES string of the molecule is CN1CCC(NC(=O)c2ccc(Cl)cc2Cl)C1c1ccc(F)c(F)c1. The van der Waals surface area contributed by atoms with Crippen molar-refractivity contribution in [3.05, 3.63) is 69.2 Å². The van der Waals surface area contributed by atoms with E-state index in [4.69, 9.17) is 23.2 Å². The van der Waals surface area contributed by atoms with Crippen LogP contribution in [-0.2, 0) is 0 Å². The van der Waals surface area contributed by atoms with Crippen LogP contribution in [0.1, 0.15) is 28.4 Å². The van der Waals surface area contributed by atoms with Gasteiger partial charge in [0.15, 0.2) is 11.6 Å². The first-order chi connectivity index (χ1) is 11.9. The molecule has 2 aromatic rings. The van der Waals surface area contributed by atoms with Gasteiger partial charge < -0.3 is 5.32 Å². The number of carbonyl (C=O) groups is 1. The van der Waals surface area contributed by atoms with Crippen molar-refractivity contribution < 1.29 is 13.6 Å². The Morgan fingerprint density at radius 2 is 1.92 bits per heavy atom. The molecule has 2 unspecified atom stereocenters. The van der Waals surface area contributed by atoms with E-state index in [1.54, 1.807) is 18.2 Å². The third-order valence-corrected chi connectivity index (χ3v) is 4.97. The van der Waals surface area contributed by atoms with Crippen molar-refractivity contribution in [1.29, 1.82) is 0 Å². The molecule has 132 valence electrons. The minimum absolute atomic E-state index is 0.242. The molecule has 1 aliphatic heterocycles. The number of amides is 1. The highest BCUT2D eigenvalue weighted by Crippen LogP contribution is 2.32. The summed E-state index contributed by atoms with van der Waals surface area (Å²) in [7, 11) is 1.88. The lowest BCUT2D eigenvalue weighted by molar-refractivity contribution is 0.0928. The van der Waals surface area contributed by atoms with E-state index in [2.05, 4.69) is 5.32 Å². The van der Waals surface area contributed by atoms with E-state index in [1.165, 1.54) is 12.1 Å². The van der Waals surface area contributed by atoms with Crippen LogP contribution >= 0.6 is 23.2 Å². The van der Waals surface area contributed by atoms with Gasteiger partial charge in [-0.2, -0.15) is 0 Å². The van der Waals surface area contributed by atoms with E-state index < -0.39 is 11.6 Å². The van der Waals surface area contributed by atoms with Crippen molar-refractivity contribution in [1.82, 2.24) is 10.2 Å². The Hall–Kier alpha value is -1.69. The molecular weight excluding hydrogens is 369 g/mol. The van der Waals surface area contributed by atoms with Gasteiger partial charge in [0, 0.05) is 11.6 Å². The lowest BCUT2D eigenvalue weighted by Gasteiger charge is -2.26. The molecule has 7 heteroatoms. The zero-order chi connectivity index (χ0) is 18.1. The predicted molar refractivity (Wildman–Crippen MR) is 94.1 cm³/mol. The standard InChI is InChI=1S/C18H16Cl2F2N2O/c1-24-7-6-16(17(24)10-2-5-14(21)15(22)8-10)23-18(25)12-4-3-11(19)9-13(12)20/h2-5,8-9,16-17H,6-7H2,1H3,(H,23,25). The largest absolute Gasteiger partial charge is 0.347 e. The van der Waals surface area contributed by atoms with Crippen LogP contribution in [0.2, 0.25) is 10.0 Å². The van der Waals surface area contributed by atoms with E-state index in [0.717, 1.165) is 12.6 Å². The number of hydrogen-bond acceptors (Lipinski definition) is 2. The first-order valence-electron chi connectivity index (χ1n) is 7.78. The summed E-state index contributed by atoms with van der Waals surface area (Å²) in [5, 5.41) is 3.65. The minimum Gasteiger partial charge on any atom is -0.347 e. The third kappa shape index (κ3) is 3.78. The molecule has 0 bridgehead atoms. The lowest BCUT2D eigenvalue weighted by Crippen LogP contribution is -2.39. The zero-order valence-corrected chi connectivity index (χ0v) is 14.9. The molecule has 0 spiro atoms. The summed E-state index contributed by atoms with van der Waals surface area (Å²) in [4.78, 5) is 14.5. The average Bonchev–Trinajstić information content (AvgIpc) is 2.90. The maximum atomic E-state index is 13.6. The topological polar surface area (TPSA) is 32.3 Å². The summed E-state index contributed by atoms with van der Waals surface area (Å²) >= 11 is 11.9. The number of likely N-dealkylation sites (tertiary alicyclic amines) is 1. The molecule has 1 aliphatic rings. The summed E-state index contributed by atoms with van der Waals surface area (Å²) in [6.07, 6.45) is 0.692. The Kier molecular flexibility index (Phi) is 5.27. The Morgan fingerprint density at radius 1 is 1.16 bits per heavy atom. The molecule has 3 nitrogen and oxygen atoms in total. The van der Waals surface area contributed by atoms with Crippen LogP contribution in [0.5, 0.6) is 0 Å². The van der Waals surface area contributed by atoms with E-state index >= 15 is 0 Å². The normalized spacial score (nSPS) is 20.7. The van der Waals surface area contributed by atoms with Gasteiger partial charge in [0.1, 0.15) is 0 Å². The molecule has 2 aromatic carbocycles. The van der Waals surface area contributed by atoms with Crippen molar-refractivity contribution in [3.8, 4) is 0 Å². The first-order valence-corrected chi connectivity index (χ1v) is 8.53. The fourth-order valence-electron chi connectivity index (χ4n) is 3.20. The van der Waals surface area contributed by atoms with Crippen molar-refractivity contribution in [3.63, 3.8) is 0 Å². The van der Waals surface area contributed by atoms with Gasteiger partial charge in [-0.05, 0) is 49.4 Å². The molecule has 3 rings (SSSR count). The maximum absolute atomic E-state index is 13.6. The van der Waals surface area contributed by atoms with Crippen LogP contribution in [0.15, 0.2) is 36.4 Å². The third-order valence-electron chi connectivity index (χ3n) is 4.43. The van der Waals surface area contributed by atoms with Gasteiger partial charge in [-0.25, -0.2) is 8.78 Å². The Balaban J connectivity index is 1.83. The number of carbonyl (C=O) groups excluding carboxylic acids is 1. The smallest absolute Gasteiger partial charge is 0.253 e. The molecule has 1 N–H and O–H groups in total. The average molecular weight is 385 g/mol. The van der Waals surface area contributed by atoms with Crippen LogP contribution in [-0.4, -0.2) is 30.4 Å². The molecule has 0 aromatic heterocycles. The number of rotatable bonds is 3. The molecule has 0 aliphatic carbocycles. The van der Waals surface area contributed by atoms with Crippen LogP contribution in [0.3, 0.4) is 0 Å². The highest BCUT2D eigenvalue weighted by atomic mass is 35.5. The van der Waals surface area contributed by atoms with Gasteiger partial charge in [0.25, 0.3) is 5.91 Å². The highest BCUT2D eigenvalue weighted by molar-refractivity contribution is 6.36. The second-order valence-electron chi connectivity index (χ2n) is 6.09. The first kappa shape index (κ1) is 18.1. The number of nitrogens with zero attached hydrogens (tertiary/aromatic N) is 1. The fourth-order valence-corrected chi connectivity index (χ4v) is 3.70. The Bertz CT molecular complexity index is 816. The van der Waals surface area contributed by atoms with E-state index in [-0.39, 0.29) is 23.0 Å². The number of nitrogens with one attached hydrogen (secondary N) is 1. The second kappa shape index (κ2) is 7.28.